The van der Waals surface area contributed by atoms with Crippen LogP contribution in [0.4, 0.5) is 0 Å². The van der Waals surface area contributed by atoms with Crippen LogP contribution >= 0.6 is 0 Å². The van der Waals surface area contributed by atoms with Crippen LogP contribution in [0.5, 0.6) is 0 Å². The lowest BCUT2D eigenvalue weighted by atomic mass is 9.46. The summed E-state index contributed by atoms with van der Waals surface area (Å²) in [4.78, 5) is 14.9. The molecule has 4 bridgehead atoms. The monoisotopic (exact) mass is 305 g/mol. The SMILES string of the molecule is N[C@@H]1CC2CC2N1C(=O)[C@@H](N)C12CC3CC(CC(O)(C3)C1)C2. The second-order valence-electron chi connectivity index (χ2n) is 9.14. The van der Waals surface area contributed by atoms with Crippen molar-refractivity contribution < 1.29 is 9.90 Å². The Morgan fingerprint density at radius 2 is 1.82 bits per heavy atom. The van der Waals surface area contributed by atoms with Gasteiger partial charge < -0.3 is 21.5 Å². The van der Waals surface area contributed by atoms with Gasteiger partial charge in [-0.05, 0) is 74.5 Å². The first-order valence-corrected chi connectivity index (χ1v) is 8.95. The zero-order valence-electron chi connectivity index (χ0n) is 13.1. The Morgan fingerprint density at radius 1 is 1.14 bits per heavy atom. The molecule has 5 nitrogen and oxygen atoms in total. The number of carbonyl (C=O) groups is 1. The van der Waals surface area contributed by atoms with Crippen LogP contribution in [0.2, 0.25) is 0 Å². The molecule has 5 N–H and O–H groups in total. The Labute approximate surface area is 131 Å². The Balaban J connectivity index is 1.43. The van der Waals surface area contributed by atoms with Gasteiger partial charge in [-0.15, -0.1) is 0 Å². The first kappa shape index (κ1) is 13.8. The molecule has 1 aliphatic heterocycles. The highest BCUT2D eigenvalue weighted by Crippen LogP contribution is 2.63. The van der Waals surface area contributed by atoms with E-state index in [2.05, 4.69) is 0 Å². The molecule has 0 aromatic rings. The quantitative estimate of drug-likeness (QED) is 0.694. The van der Waals surface area contributed by atoms with Crippen molar-refractivity contribution in [3.63, 3.8) is 0 Å². The standard InChI is InChI=1S/C17H27N3O2/c18-13-3-11-2-12(11)20(13)15(21)14(19)16-4-9-1-10(5-16)7-17(22,6-9)8-16/h9-14,22H,1-8,18-19H2/t9?,10?,11?,12?,13-,14+,16?,17?/m0/s1. The van der Waals surface area contributed by atoms with Crippen LogP contribution in [0.1, 0.15) is 51.4 Å². The van der Waals surface area contributed by atoms with Gasteiger partial charge in [0.1, 0.15) is 0 Å². The molecule has 22 heavy (non-hydrogen) atoms. The highest BCUT2D eigenvalue weighted by molar-refractivity contribution is 5.84. The van der Waals surface area contributed by atoms with E-state index in [4.69, 9.17) is 11.5 Å². The number of nitrogens with zero attached hydrogens (tertiary/aromatic N) is 1. The van der Waals surface area contributed by atoms with Crippen molar-refractivity contribution >= 4 is 5.91 Å². The zero-order valence-corrected chi connectivity index (χ0v) is 13.1. The van der Waals surface area contributed by atoms with Crippen LogP contribution in [-0.4, -0.2) is 39.8 Å². The molecule has 6 rings (SSSR count). The molecule has 1 amide bonds. The van der Waals surface area contributed by atoms with E-state index in [0.717, 1.165) is 44.9 Å². The Bertz CT molecular complexity index is 520. The number of nitrogens with two attached hydrogens (primary N) is 2. The minimum atomic E-state index is -0.558. The van der Waals surface area contributed by atoms with Gasteiger partial charge in [-0.1, -0.05) is 0 Å². The fraction of sp³-hybridized carbons (Fsp3) is 0.941. The minimum Gasteiger partial charge on any atom is -0.390 e. The molecular formula is C17H27N3O2. The van der Waals surface area contributed by atoms with Crippen molar-refractivity contribution in [2.75, 3.05) is 0 Å². The average Bonchev–Trinajstić information content (AvgIpc) is 3.06. The third-order valence-corrected chi connectivity index (χ3v) is 7.40. The molecule has 6 atom stereocenters. The van der Waals surface area contributed by atoms with Gasteiger partial charge >= 0.3 is 0 Å². The minimum absolute atomic E-state index is 0.0584. The molecule has 122 valence electrons. The van der Waals surface area contributed by atoms with Gasteiger partial charge in [-0.2, -0.15) is 0 Å². The average molecular weight is 305 g/mol. The summed E-state index contributed by atoms with van der Waals surface area (Å²) in [5.41, 5.74) is 12.0. The predicted molar refractivity (Wildman–Crippen MR) is 81.4 cm³/mol. The third-order valence-electron chi connectivity index (χ3n) is 7.40. The van der Waals surface area contributed by atoms with Crippen molar-refractivity contribution in [2.45, 2.75) is 75.2 Å². The summed E-state index contributed by atoms with van der Waals surface area (Å²) in [6.45, 7) is 0. The van der Waals surface area contributed by atoms with E-state index in [-0.39, 0.29) is 17.5 Å². The molecule has 5 heteroatoms. The van der Waals surface area contributed by atoms with Gasteiger partial charge in [-0.3, -0.25) is 4.79 Å². The van der Waals surface area contributed by atoms with Crippen LogP contribution in [0.15, 0.2) is 0 Å². The molecule has 5 aliphatic carbocycles. The number of amides is 1. The topological polar surface area (TPSA) is 92.6 Å². The van der Waals surface area contributed by atoms with Gasteiger partial charge in [0.2, 0.25) is 5.91 Å². The molecule has 6 aliphatic rings. The van der Waals surface area contributed by atoms with E-state index in [1.165, 1.54) is 6.42 Å². The van der Waals surface area contributed by atoms with E-state index >= 15 is 0 Å². The smallest absolute Gasteiger partial charge is 0.241 e. The first-order valence-electron chi connectivity index (χ1n) is 8.95. The number of piperidine rings is 1. The molecule has 4 unspecified atom stereocenters. The summed E-state index contributed by atoms with van der Waals surface area (Å²) < 4.78 is 0. The molecule has 0 aromatic heterocycles. The van der Waals surface area contributed by atoms with E-state index < -0.39 is 11.6 Å². The van der Waals surface area contributed by atoms with Gasteiger partial charge in [0.25, 0.3) is 0 Å². The summed E-state index contributed by atoms with van der Waals surface area (Å²) in [6, 6.07) is -0.124. The highest BCUT2D eigenvalue weighted by atomic mass is 16.3. The van der Waals surface area contributed by atoms with E-state index in [0.29, 0.717) is 23.8 Å². The van der Waals surface area contributed by atoms with E-state index in [1.54, 1.807) is 0 Å². The number of carbonyl (C=O) groups excluding carboxylic acids is 1. The van der Waals surface area contributed by atoms with Gasteiger partial charge in [0, 0.05) is 6.04 Å². The van der Waals surface area contributed by atoms with Gasteiger partial charge in [-0.25, -0.2) is 0 Å². The number of hydrogen-bond acceptors (Lipinski definition) is 4. The fourth-order valence-corrected chi connectivity index (χ4v) is 6.89. The van der Waals surface area contributed by atoms with Crippen molar-refractivity contribution in [3.05, 3.63) is 0 Å². The lowest BCUT2D eigenvalue weighted by Gasteiger charge is -2.61. The van der Waals surface area contributed by atoms with E-state index in [1.807, 2.05) is 4.90 Å². The number of rotatable bonds is 2. The Morgan fingerprint density at radius 3 is 2.36 bits per heavy atom. The van der Waals surface area contributed by atoms with Crippen LogP contribution in [-0.2, 0) is 4.79 Å². The molecule has 6 fully saturated rings. The molecular weight excluding hydrogens is 278 g/mol. The second kappa shape index (κ2) is 4.05. The molecule has 1 heterocycles. The maximum Gasteiger partial charge on any atom is 0.241 e. The lowest BCUT2D eigenvalue weighted by molar-refractivity contribution is -0.177. The Hall–Kier alpha value is -0.650. The van der Waals surface area contributed by atoms with Crippen molar-refractivity contribution in [1.82, 2.24) is 4.90 Å². The summed E-state index contributed by atoms with van der Waals surface area (Å²) >= 11 is 0. The summed E-state index contributed by atoms with van der Waals surface area (Å²) in [6.07, 6.45) is 7.72. The summed E-state index contributed by atoms with van der Waals surface area (Å²) in [5.74, 6) is 1.80. The van der Waals surface area contributed by atoms with Crippen molar-refractivity contribution in [1.29, 1.82) is 0 Å². The highest BCUT2D eigenvalue weighted by Gasteiger charge is 2.62. The van der Waals surface area contributed by atoms with E-state index in [9.17, 15) is 9.90 Å². The van der Waals surface area contributed by atoms with Crippen LogP contribution < -0.4 is 11.5 Å². The predicted octanol–water partition coefficient (Wildman–Crippen LogP) is 0.551. The zero-order chi connectivity index (χ0) is 15.3. The number of likely N-dealkylation sites (tertiary alicyclic amines) is 1. The van der Waals surface area contributed by atoms with Crippen molar-refractivity contribution in [3.8, 4) is 0 Å². The number of fused-ring (bicyclic) bond motifs is 1. The van der Waals surface area contributed by atoms with Gasteiger partial charge in [0.15, 0.2) is 0 Å². The maximum atomic E-state index is 13.1. The molecule has 0 aromatic carbocycles. The number of aliphatic hydroxyl groups is 1. The fourth-order valence-electron chi connectivity index (χ4n) is 6.89. The molecule has 0 spiro atoms. The van der Waals surface area contributed by atoms with Crippen LogP contribution in [0.25, 0.3) is 0 Å². The Kier molecular flexibility index (Phi) is 2.54. The molecule has 5 saturated carbocycles. The molecule has 0 radical (unpaired) electrons. The number of hydrogen-bond donors (Lipinski definition) is 3. The largest absolute Gasteiger partial charge is 0.390 e. The van der Waals surface area contributed by atoms with Crippen LogP contribution in [0.3, 0.4) is 0 Å². The third kappa shape index (κ3) is 1.73. The normalized spacial score (nSPS) is 56.1. The first-order chi connectivity index (χ1) is 10.4. The van der Waals surface area contributed by atoms with Crippen molar-refractivity contribution in [2.24, 2.45) is 34.6 Å². The lowest BCUT2D eigenvalue weighted by Crippen LogP contribution is -2.65. The van der Waals surface area contributed by atoms with Gasteiger partial charge in [0.05, 0.1) is 17.8 Å². The molecule has 1 saturated heterocycles. The summed E-state index contributed by atoms with van der Waals surface area (Å²) in [7, 11) is 0. The summed E-state index contributed by atoms with van der Waals surface area (Å²) in [5, 5.41) is 10.9. The van der Waals surface area contributed by atoms with Crippen LogP contribution in [0, 0.1) is 23.2 Å². The maximum absolute atomic E-state index is 13.1. The second-order valence-corrected chi connectivity index (χ2v) is 9.14.